The van der Waals surface area contributed by atoms with Crippen molar-refractivity contribution in [2.75, 3.05) is 37.8 Å². The molecule has 1 aliphatic rings. The van der Waals surface area contributed by atoms with Crippen molar-refractivity contribution >= 4 is 204 Å². The van der Waals surface area contributed by atoms with E-state index in [0.717, 1.165) is 62.5 Å². The van der Waals surface area contributed by atoms with E-state index in [9.17, 15) is 102 Å². The van der Waals surface area contributed by atoms with Crippen LogP contribution in [0.3, 0.4) is 0 Å². The molecule has 4 aromatic heterocycles. The number of nitrogen functional groups attached to an aromatic ring is 2. The Hall–Kier alpha value is -8.69. The summed E-state index contributed by atoms with van der Waals surface area (Å²) in [6, 6.07) is 11.0. The molecule has 0 saturated carbocycles. The molecule has 42 N–H and O–H groups in total. The summed E-state index contributed by atoms with van der Waals surface area (Å²) in [5.41, 5.74) is 19.0. The van der Waals surface area contributed by atoms with Crippen molar-refractivity contribution in [3.8, 4) is 0 Å². The third-order valence-corrected chi connectivity index (χ3v) is 17.2. The van der Waals surface area contributed by atoms with Gasteiger partial charge in [-0.15, -0.1) is 0 Å². The fraction of sp³-hybridized carbons (Fsp3) is 0.524. The van der Waals surface area contributed by atoms with E-state index in [0.29, 0.717) is 94.0 Å². The molecule has 6 aromatic rings. The first-order valence-corrected chi connectivity index (χ1v) is 64.3. The molecule has 54 nitrogen and oxygen atoms in total. The molecule has 0 radical (unpaired) electrons. The van der Waals surface area contributed by atoms with Crippen LogP contribution in [0, 0.1) is 11.3 Å². The van der Waals surface area contributed by atoms with Crippen molar-refractivity contribution in [1.82, 2.24) is 50.5 Å². The van der Waals surface area contributed by atoms with E-state index in [4.69, 9.17) is 133 Å². The minimum Gasteiger partial charge on any atom is -0.693 e. The molecule has 150 heavy (non-hydrogen) atoms. The second kappa shape index (κ2) is 111. The zero-order valence-electron chi connectivity index (χ0n) is 82.5. The molecule has 2 unspecified atom stereocenters. The van der Waals surface area contributed by atoms with Gasteiger partial charge < -0.3 is 154 Å². The van der Waals surface area contributed by atoms with Gasteiger partial charge in [-0.2, -0.15) is 9.97 Å². The Bertz CT molecular complexity index is 4750. The first-order chi connectivity index (χ1) is 65.5. The minimum atomic E-state index is -1.23. The molecule has 66 heteroatoms. The molecule has 5 heterocycles. The van der Waals surface area contributed by atoms with E-state index in [-0.39, 0.29) is 219 Å². The number of hydrogen-bond acceptors (Lipinski definition) is 30. The molecule has 2 atom stereocenters. The Morgan fingerprint density at radius 2 is 0.733 bits per heavy atom. The number of aliphatic hydroxyl groups excluding tert-OH is 1. The number of aromatic nitrogens is 8. The summed E-state index contributed by atoms with van der Waals surface area (Å²) in [6.45, 7) is 12.9. The minimum absolute atomic E-state index is 0. The number of nitrogens with two attached hydrogens (primary N) is 11. The number of amides is 2. The quantitative estimate of drug-likeness (QED) is 0.00958. The predicted octanol–water partition coefficient (Wildman–Crippen LogP) is 15.4. The maximum atomic E-state index is 12.6. The number of ketones is 3. The van der Waals surface area contributed by atoms with Gasteiger partial charge in [0, 0.05) is 82.3 Å². The molecule has 876 valence electrons. The topological polar surface area (TPSA) is 1100 Å². The molecule has 2 amide bonds. The van der Waals surface area contributed by atoms with Gasteiger partial charge in [-0.3, -0.25) is 86.7 Å². The van der Waals surface area contributed by atoms with Crippen LogP contribution in [0.5, 0.6) is 0 Å². The first-order valence-electron chi connectivity index (χ1n) is 41.8. The molecule has 1 fully saturated rings. The standard InChI is InChI=1S/C25H31N7O6.C25H30N6O6.C10H18O3.2C6H12O2.2C4H6O4.C4H4O3.8ClH.8H2N.3H2O.4Pt/c26-11-13-38-12-1-2-18(33)9-10-19(24(36)37)30-22(34)16-6-3-15(4-7-16)5-8-17-14-28-21-20(29-17)23(35)32-25(27)31-21;1-25(2,13-32)11-17(33)9-10-18(23(36)37)29-21(34)15-6-3-14(4-7-15)5-8-16-12-27-20-19(28-16)22(35)31-24(26)30-20;1-8(2)4-3-5-9(11)6-7-10(12)13;2*1-2-3-4-5-6(7)8;2*5-3(6)1-2-4(7)8;5-3-1-2-4(6)7-3;;;;;;;;;;;;;;;;;;;;;;;/h3-4,6-7,14,19H,1-2,5,8-13,26H2,(H,30,34)(H,36,37)(H3,27,28,31,32,35);3-4,6-7,12,18,32H,5,8-11,13H2,1-2H3,(H,29,34)(H,36,37)(H3,26,27,30,31,35);8H,3-7H2,1-2H3,(H,12,13);2*2-5H2,1H3,(H,7,8);2*1-2H2,(H,5,6)(H,7,8);1-2H2;8*1H;11*1H2;;;;/q;;;;;;;;;;;;;;;;8*-1;;;;4*+4/p-8. The van der Waals surface area contributed by atoms with Crippen LogP contribution in [-0.4, -0.2) is 241 Å². The van der Waals surface area contributed by atoms with Gasteiger partial charge in [0.1, 0.15) is 29.4 Å². The molecule has 1 aliphatic heterocycles. The maximum absolute atomic E-state index is 12.6. The van der Waals surface area contributed by atoms with Gasteiger partial charge in [0.05, 0.1) is 75.3 Å². The van der Waals surface area contributed by atoms with Crippen LogP contribution in [0.4, 0.5) is 11.9 Å². The second-order valence-electron chi connectivity index (χ2n) is 29.8. The number of cyclic esters (lactones) is 2. The number of ether oxygens (including phenoxy) is 2. The second-order valence-corrected chi connectivity index (χ2v) is 42.9. The number of carbonyl (C=O) groups excluding carboxylic acids is 7. The number of nitrogens with zero attached hydrogens (tertiary/aromatic N) is 6. The van der Waals surface area contributed by atoms with Crippen LogP contribution in [-0.2, 0) is 168 Å². The van der Waals surface area contributed by atoms with Gasteiger partial charge in [0.2, 0.25) is 11.9 Å². The summed E-state index contributed by atoms with van der Waals surface area (Å²) in [5.74, 6) is -10.5. The van der Waals surface area contributed by atoms with E-state index in [2.05, 4.69) is 82.9 Å². The van der Waals surface area contributed by atoms with Crippen molar-refractivity contribution in [2.45, 2.75) is 246 Å². The number of aromatic amines is 2. The largest absolute Gasteiger partial charge is 0.693 e. The number of nitrogens with one attached hydrogen (secondary N) is 4. The van der Waals surface area contributed by atoms with Crippen molar-refractivity contribution < 1.29 is 220 Å². The zero-order chi connectivity index (χ0) is 107. The average molecular weight is 3040 g/mol. The van der Waals surface area contributed by atoms with Crippen LogP contribution < -0.4 is 39.0 Å². The summed E-state index contributed by atoms with van der Waals surface area (Å²) < 4.78 is 9.30. The van der Waals surface area contributed by atoms with Crippen molar-refractivity contribution in [3.63, 3.8) is 0 Å². The molecule has 0 bridgehead atoms. The van der Waals surface area contributed by atoms with Gasteiger partial charge in [0.25, 0.3) is 22.9 Å². The number of carboxylic acid groups (broad SMARTS) is 9. The molecule has 0 aliphatic carbocycles. The number of carboxylic acids is 9. The van der Waals surface area contributed by atoms with E-state index in [1.807, 2.05) is 0 Å². The number of aliphatic carboxylic acids is 9. The van der Waals surface area contributed by atoms with Crippen LogP contribution in [0.25, 0.3) is 71.5 Å². The molecule has 2 aromatic carbocycles. The first kappa shape index (κ1) is 177. The fourth-order valence-corrected chi connectivity index (χ4v) is 10.3. The van der Waals surface area contributed by atoms with Gasteiger partial charge in [-0.25, -0.2) is 29.5 Å². The Morgan fingerprint density at radius 3 is 1.01 bits per heavy atom. The van der Waals surface area contributed by atoms with Gasteiger partial charge in [0.15, 0.2) is 22.3 Å². The molecule has 1 saturated heterocycles. The molecule has 0 spiro atoms. The van der Waals surface area contributed by atoms with Crippen molar-refractivity contribution in [2.24, 2.45) is 17.1 Å². The molecular formula is C84H141Cl8N21O33Pt4. The van der Waals surface area contributed by atoms with Gasteiger partial charge in [-0.1, -0.05) is 97.9 Å². The average Bonchev–Trinajstić information content (AvgIpc) is 0.908. The van der Waals surface area contributed by atoms with Crippen LogP contribution in [0.15, 0.2) is 70.5 Å². The fourth-order valence-electron chi connectivity index (χ4n) is 10.3. The Kier molecular flexibility index (Phi) is 132. The SMILES string of the molecule is CC(C)(CO)CC(=O)CCC(NC(=O)c1ccc(CCc2cnc3nc(N)[nH]c(=O)c3n2)cc1)C(=O)O.CC(C)CCCC(=O)CCC(=O)O.CCCCCC(=O)O.CCCCCC(=O)O.NCCOCCCC(=O)CCC(NC(=O)c1ccc(CCc2cnc3nc(N)[nH]c(=O)c3n2)cc1)C(=O)O.O.O.O.O=C(O)CCC(=O)O.O=C(O)CCC(=O)O.O=C1CCC(=O)O1.[Cl][Pt+2][Cl].[Cl][Pt+2][Cl].[Cl][Pt+2][Cl].[Cl][Pt+2][Cl].[NH2-].[NH2-].[NH2-].[NH2-].[NH2-].[NH2-].[NH2-].[NH2-]. The number of esters is 2. The summed E-state index contributed by atoms with van der Waals surface area (Å²) in [4.78, 5) is 226. The number of anilines is 2. The summed E-state index contributed by atoms with van der Waals surface area (Å²) in [5, 5.41) is 89.4. The van der Waals surface area contributed by atoms with Crippen molar-refractivity contribution in [3.05, 3.63) is 164 Å². The summed E-state index contributed by atoms with van der Waals surface area (Å²) >= 11 is -1.89. The number of fused-ring (bicyclic) bond motifs is 2. The van der Waals surface area contributed by atoms with Gasteiger partial charge in [-0.05, 0) is 111 Å². The number of carbonyl (C=O) groups is 16. The number of aliphatic hydroxyl groups is 1. The number of H-pyrrole nitrogens is 2. The monoisotopic (exact) mass is 3030 g/mol. The number of hydrogen-bond donors (Lipinski definition) is 17. The third kappa shape index (κ3) is 104. The number of aryl methyl sites for hydroxylation is 4. The third-order valence-electron chi connectivity index (χ3n) is 17.2. The predicted molar refractivity (Wildman–Crippen MR) is 557 cm³/mol. The Labute approximate surface area is 932 Å². The van der Waals surface area contributed by atoms with Crippen LogP contribution in [0.2, 0.25) is 0 Å². The smallest absolute Gasteiger partial charge is 0.693 e. The van der Waals surface area contributed by atoms with E-state index >= 15 is 0 Å². The van der Waals surface area contributed by atoms with E-state index in [1.165, 1.54) is 12.4 Å². The molecular weight excluding hydrogens is 2890 g/mol. The van der Waals surface area contributed by atoms with E-state index < -0.39 is 172 Å². The summed E-state index contributed by atoms with van der Waals surface area (Å²) in [6.07, 6.45) is 14.6. The number of Topliss-reactive ketones (excluding diaryl/α,β-unsaturated/α-hetero) is 3. The normalized spacial score (nSPS) is 10.3. The van der Waals surface area contributed by atoms with Crippen LogP contribution >= 0.6 is 75.3 Å². The Morgan fingerprint density at radius 1 is 0.427 bits per heavy atom. The van der Waals surface area contributed by atoms with E-state index in [1.54, 1.807) is 62.4 Å². The zero-order valence-corrected chi connectivity index (χ0v) is 97.6. The number of rotatable bonds is 48. The summed E-state index contributed by atoms with van der Waals surface area (Å²) in [7, 11) is 39.0. The molecule has 7 rings (SSSR count). The number of unbranched alkanes of at least 4 members (excludes halogenated alkanes) is 4. The number of benzene rings is 2. The maximum Gasteiger partial charge on any atom is -0.693 e. The Balaban J connectivity index is -0.000000104. The number of halogens is 8. The van der Waals surface area contributed by atoms with Crippen molar-refractivity contribution in [1.29, 1.82) is 0 Å². The van der Waals surface area contributed by atoms with Crippen LogP contribution in [0.1, 0.15) is 252 Å². The van der Waals surface area contributed by atoms with Gasteiger partial charge >= 0.3 is 207 Å².